The molecule has 0 unspecified atom stereocenters. The maximum absolute atomic E-state index is 13.5. The minimum atomic E-state index is -0.569. The van der Waals surface area contributed by atoms with Crippen LogP contribution in [0.15, 0.2) is 37.2 Å². The van der Waals surface area contributed by atoms with Gasteiger partial charge in [-0.2, -0.15) is 5.10 Å². The number of non-ortho nitro benzene ring substituents is 1. The molecule has 1 N–H and O–H groups in total. The molecule has 0 fully saturated rings. The lowest BCUT2D eigenvalue weighted by Gasteiger charge is -2.05. The Morgan fingerprint density at radius 1 is 1.58 bits per heavy atom. The second-order valence-electron chi connectivity index (χ2n) is 3.79. The van der Waals surface area contributed by atoms with E-state index in [1.807, 2.05) is 0 Å². The van der Waals surface area contributed by atoms with Crippen molar-refractivity contribution in [2.75, 3.05) is 5.32 Å². The molecular formula is C12H11FN4O2. The number of hydrogen-bond donors (Lipinski definition) is 1. The van der Waals surface area contributed by atoms with Gasteiger partial charge in [-0.25, -0.2) is 9.07 Å². The standard InChI is InChI=1S/C12H11FN4O2/c1-2-16-8-9(7-15-16)6-14-12-5-10(17(18)19)3-4-11(12)13/h2-5,7-8,14H,1,6H2. The summed E-state index contributed by atoms with van der Waals surface area (Å²) in [5.74, 6) is -0.540. The molecule has 0 aliphatic heterocycles. The molecule has 0 aliphatic rings. The lowest BCUT2D eigenvalue weighted by molar-refractivity contribution is -0.384. The molecule has 0 atom stereocenters. The van der Waals surface area contributed by atoms with Crippen molar-refractivity contribution in [3.05, 3.63) is 58.7 Å². The zero-order valence-electron chi connectivity index (χ0n) is 9.91. The van der Waals surface area contributed by atoms with Crippen LogP contribution in [-0.4, -0.2) is 14.7 Å². The van der Waals surface area contributed by atoms with Crippen LogP contribution in [0.4, 0.5) is 15.8 Å². The van der Waals surface area contributed by atoms with E-state index >= 15 is 0 Å². The first-order chi connectivity index (χ1) is 9.10. The van der Waals surface area contributed by atoms with Crippen LogP contribution in [0.3, 0.4) is 0 Å². The van der Waals surface area contributed by atoms with E-state index in [1.54, 1.807) is 12.4 Å². The minimum Gasteiger partial charge on any atom is -0.378 e. The van der Waals surface area contributed by atoms with Crippen LogP contribution in [0.5, 0.6) is 0 Å². The number of nitrogens with zero attached hydrogens (tertiary/aromatic N) is 3. The fourth-order valence-electron chi connectivity index (χ4n) is 1.53. The highest BCUT2D eigenvalue weighted by Crippen LogP contribution is 2.21. The molecule has 0 bridgehead atoms. The first-order valence-corrected chi connectivity index (χ1v) is 5.43. The number of nitro groups is 1. The smallest absolute Gasteiger partial charge is 0.271 e. The van der Waals surface area contributed by atoms with E-state index in [0.29, 0.717) is 6.54 Å². The second-order valence-corrected chi connectivity index (χ2v) is 3.79. The van der Waals surface area contributed by atoms with E-state index in [4.69, 9.17) is 0 Å². The van der Waals surface area contributed by atoms with Gasteiger partial charge < -0.3 is 5.32 Å². The van der Waals surface area contributed by atoms with Crippen LogP contribution in [0, 0.1) is 15.9 Å². The molecule has 19 heavy (non-hydrogen) atoms. The third kappa shape index (κ3) is 2.95. The van der Waals surface area contributed by atoms with Gasteiger partial charge in [-0.1, -0.05) is 6.58 Å². The molecule has 0 spiro atoms. The fraction of sp³-hybridized carbons (Fsp3) is 0.0833. The van der Waals surface area contributed by atoms with Crippen LogP contribution < -0.4 is 5.32 Å². The summed E-state index contributed by atoms with van der Waals surface area (Å²) in [6.07, 6.45) is 4.84. The summed E-state index contributed by atoms with van der Waals surface area (Å²) in [6.45, 7) is 3.86. The Balaban J connectivity index is 2.12. The molecule has 1 aromatic heterocycles. The van der Waals surface area contributed by atoms with Gasteiger partial charge in [-0.05, 0) is 6.07 Å². The Labute approximate surface area is 108 Å². The summed E-state index contributed by atoms with van der Waals surface area (Å²) >= 11 is 0. The highest BCUT2D eigenvalue weighted by molar-refractivity contribution is 5.52. The zero-order valence-corrected chi connectivity index (χ0v) is 9.91. The summed E-state index contributed by atoms with van der Waals surface area (Å²) in [7, 11) is 0. The molecule has 1 aromatic carbocycles. The van der Waals surface area contributed by atoms with E-state index in [9.17, 15) is 14.5 Å². The van der Waals surface area contributed by atoms with Crippen molar-refractivity contribution in [3.63, 3.8) is 0 Å². The molecule has 0 aliphatic carbocycles. The van der Waals surface area contributed by atoms with Crippen LogP contribution in [0.2, 0.25) is 0 Å². The van der Waals surface area contributed by atoms with E-state index < -0.39 is 10.7 Å². The van der Waals surface area contributed by atoms with Crippen LogP contribution in [-0.2, 0) is 6.54 Å². The third-order valence-electron chi connectivity index (χ3n) is 2.49. The molecule has 0 radical (unpaired) electrons. The highest BCUT2D eigenvalue weighted by Gasteiger charge is 2.10. The summed E-state index contributed by atoms with van der Waals surface area (Å²) < 4.78 is 15.0. The molecular weight excluding hydrogens is 251 g/mol. The Bertz CT molecular complexity index is 624. The molecule has 6 nitrogen and oxygen atoms in total. The van der Waals surface area contributed by atoms with Crippen molar-refractivity contribution >= 4 is 17.6 Å². The van der Waals surface area contributed by atoms with Gasteiger partial charge in [-0.3, -0.25) is 10.1 Å². The van der Waals surface area contributed by atoms with Crippen molar-refractivity contribution in [2.24, 2.45) is 0 Å². The van der Waals surface area contributed by atoms with E-state index in [2.05, 4.69) is 17.0 Å². The molecule has 98 valence electrons. The van der Waals surface area contributed by atoms with Gasteiger partial charge in [0.25, 0.3) is 5.69 Å². The second kappa shape index (κ2) is 5.30. The number of nitro benzene ring substituents is 1. The van der Waals surface area contributed by atoms with Crippen molar-refractivity contribution in [1.29, 1.82) is 0 Å². The number of halogens is 1. The lowest BCUT2D eigenvalue weighted by atomic mass is 10.2. The topological polar surface area (TPSA) is 73.0 Å². The lowest BCUT2D eigenvalue weighted by Crippen LogP contribution is -2.01. The van der Waals surface area contributed by atoms with Gasteiger partial charge in [0.05, 0.1) is 16.8 Å². The molecule has 0 amide bonds. The van der Waals surface area contributed by atoms with Crippen molar-refractivity contribution < 1.29 is 9.31 Å². The van der Waals surface area contributed by atoms with E-state index in [1.165, 1.54) is 10.9 Å². The first kappa shape index (κ1) is 12.7. The SMILES string of the molecule is C=Cn1cc(CNc2cc([N+](=O)[O-])ccc2F)cn1. The quantitative estimate of drug-likeness (QED) is 0.664. The zero-order chi connectivity index (χ0) is 13.8. The normalized spacial score (nSPS) is 10.2. The van der Waals surface area contributed by atoms with Gasteiger partial charge in [0.15, 0.2) is 0 Å². The van der Waals surface area contributed by atoms with Crippen molar-refractivity contribution in [1.82, 2.24) is 9.78 Å². The van der Waals surface area contributed by atoms with Crippen LogP contribution >= 0.6 is 0 Å². The Morgan fingerprint density at radius 3 is 3.00 bits per heavy atom. The van der Waals surface area contributed by atoms with Crippen molar-refractivity contribution in [3.8, 4) is 0 Å². The Hall–Kier alpha value is -2.70. The predicted molar refractivity (Wildman–Crippen MR) is 69.0 cm³/mol. The molecule has 0 saturated carbocycles. The van der Waals surface area contributed by atoms with Gasteiger partial charge in [-0.15, -0.1) is 0 Å². The summed E-state index contributed by atoms with van der Waals surface area (Å²) in [6, 6.07) is 3.34. The number of hydrogen-bond acceptors (Lipinski definition) is 4. The molecule has 1 heterocycles. The predicted octanol–water partition coefficient (Wildman–Crippen LogP) is 2.64. The van der Waals surface area contributed by atoms with Gasteiger partial charge >= 0.3 is 0 Å². The number of benzene rings is 1. The monoisotopic (exact) mass is 262 g/mol. The third-order valence-corrected chi connectivity index (χ3v) is 2.49. The number of anilines is 1. The first-order valence-electron chi connectivity index (χ1n) is 5.43. The summed E-state index contributed by atoms with van der Waals surface area (Å²) in [5, 5.41) is 17.4. The number of aromatic nitrogens is 2. The number of rotatable bonds is 5. The minimum absolute atomic E-state index is 0.0838. The van der Waals surface area contributed by atoms with Gasteiger partial charge in [0.1, 0.15) is 5.82 Å². The Morgan fingerprint density at radius 2 is 2.37 bits per heavy atom. The molecule has 0 saturated heterocycles. The molecule has 2 rings (SSSR count). The maximum Gasteiger partial charge on any atom is 0.271 e. The number of nitrogens with one attached hydrogen (secondary N) is 1. The Kier molecular flexibility index (Phi) is 3.56. The van der Waals surface area contributed by atoms with Crippen molar-refractivity contribution in [2.45, 2.75) is 6.54 Å². The summed E-state index contributed by atoms with van der Waals surface area (Å²) in [4.78, 5) is 10.0. The van der Waals surface area contributed by atoms with E-state index in [-0.39, 0.29) is 11.4 Å². The largest absolute Gasteiger partial charge is 0.378 e. The van der Waals surface area contributed by atoms with Gasteiger partial charge in [0.2, 0.25) is 0 Å². The maximum atomic E-state index is 13.5. The van der Waals surface area contributed by atoms with Crippen LogP contribution in [0.1, 0.15) is 5.56 Å². The fourth-order valence-corrected chi connectivity index (χ4v) is 1.53. The van der Waals surface area contributed by atoms with Crippen LogP contribution in [0.25, 0.3) is 6.20 Å². The molecule has 7 heteroatoms. The highest BCUT2D eigenvalue weighted by atomic mass is 19.1. The average molecular weight is 262 g/mol. The average Bonchev–Trinajstić information content (AvgIpc) is 2.85. The summed E-state index contributed by atoms with van der Waals surface area (Å²) in [5.41, 5.74) is 0.733. The van der Waals surface area contributed by atoms with E-state index in [0.717, 1.165) is 23.8 Å². The molecule has 2 aromatic rings. The van der Waals surface area contributed by atoms with Gasteiger partial charge in [0, 0.05) is 36.6 Å².